The van der Waals surface area contributed by atoms with E-state index in [1.807, 2.05) is 32.6 Å². The summed E-state index contributed by atoms with van der Waals surface area (Å²) in [6.07, 6.45) is 4.62. The number of carbonyl (C=O) groups excluding carboxylic acids is 1. The van der Waals surface area contributed by atoms with Gasteiger partial charge in [-0.15, -0.1) is 11.3 Å². The van der Waals surface area contributed by atoms with Gasteiger partial charge in [0.05, 0.1) is 11.7 Å². The van der Waals surface area contributed by atoms with Crippen molar-refractivity contribution < 1.29 is 4.79 Å². The predicted molar refractivity (Wildman–Crippen MR) is 102 cm³/mol. The summed E-state index contributed by atoms with van der Waals surface area (Å²) in [6.45, 7) is 10.3. The van der Waals surface area contributed by atoms with Crippen LogP contribution in [0.1, 0.15) is 51.5 Å². The molecule has 5 nitrogen and oxygen atoms in total. The Kier molecular flexibility index (Phi) is 5.00. The van der Waals surface area contributed by atoms with Gasteiger partial charge in [0.2, 0.25) is 5.91 Å². The fourth-order valence-corrected chi connectivity index (χ4v) is 5.22. The Labute approximate surface area is 152 Å². The van der Waals surface area contributed by atoms with Crippen LogP contribution in [0.2, 0.25) is 0 Å². The molecule has 136 valence electrons. The van der Waals surface area contributed by atoms with Crippen LogP contribution in [0.3, 0.4) is 0 Å². The molecule has 1 atom stereocenters. The zero-order valence-corrected chi connectivity index (χ0v) is 16.5. The lowest BCUT2D eigenvalue weighted by atomic mass is 9.89. The summed E-state index contributed by atoms with van der Waals surface area (Å²) in [5.74, 6) is 0.626. The van der Waals surface area contributed by atoms with Crippen molar-refractivity contribution in [1.82, 2.24) is 14.5 Å². The first-order chi connectivity index (χ1) is 11.8. The molecule has 0 fully saturated rings. The van der Waals surface area contributed by atoms with Gasteiger partial charge in [0.1, 0.15) is 11.4 Å². The van der Waals surface area contributed by atoms with Crippen molar-refractivity contribution in [3.8, 4) is 0 Å². The number of rotatable bonds is 4. The molecule has 6 heteroatoms. The van der Waals surface area contributed by atoms with E-state index in [9.17, 15) is 9.59 Å². The average Bonchev–Trinajstić information content (AvgIpc) is 2.87. The van der Waals surface area contributed by atoms with Gasteiger partial charge < -0.3 is 4.90 Å². The van der Waals surface area contributed by atoms with Crippen molar-refractivity contribution in [3.63, 3.8) is 0 Å². The highest BCUT2D eigenvalue weighted by atomic mass is 32.1. The highest BCUT2D eigenvalue weighted by Crippen LogP contribution is 2.35. The van der Waals surface area contributed by atoms with Crippen molar-refractivity contribution in [2.24, 2.45) is 5.92 Å². The Morgan fingerprint density at radius 1 is 1.36 bits per heavy atom. The fraction of sp³-hybridized carbons (Fsp3) is 0.632. The van der Waals surface area contributed by atoms with Gasteiger partial charge >= 0.3 is 0 Å². The molecule has 1 aliphatic rings. The van der Waals surface area contributed by atoms with Crippen LogP contribution in [0.4, 0.5) is 0 Å². The maximum atomic E-state index is 13.0. The topological polar surface area (TPSA) is 55.2 Å². The van der Waals surface area contributed by atoms with Gasteiger partial charge in [-0.1, -0.05) is 6.92 Å². The maximum Gasteiger partial charge on any atom is 0.262 e. The maximum absolute atomic E-state index is 13.0. The minimum atomic E-state index is -0.0714. The minimum absolute atomic E-state index is 0.0361. The number of aryl methyl sites for hydroxylation is 1. The quantitative estimate of drug-likeness (QED) is 0.840. The standard InChI is InChI=1S/C19H27N3O2S/c1-11(2)22(12(3)4)16(23)9-21-10-20-18-17(19(21)24)14-7-6-13(5)8-15(14)25-18/h10-13H,6-9H2,1-5H3/t13-/m0/s1. The van der Waals surface area contributed by atoms with E-state index in [1.165, 1.54) is 21.3 Å². The second kappa shape index (κ2) is 6.90. The lowest BCUT2D eigenvalue weighted by Crippen LogP contribution is -2.44. The molecule has 1 amide bonds. The molecule has 25 heavy (non-hydrogen) atoms. The second-order valence-corrected chi connectivity index (χ2v) is 8.78. The Bertz CT molecular complexity index is 842. The fourth-order valence-electron chi connectivity index (χ4n) is 3.88. The van der Waals surface area contributed by atoms with Crippen LogP contribution in [0.25, 0.3) is 10.2 Å². The number of thiophene rings is 1. The molecular weight excluding hydrogens is 334 g/mol. The van der Waals surface area contributed by atoms with Gasteiger partial charge in [-0.3, -0.25) is 14.2 Å². The molecule has 3 rings (SSSR count). The molecular formula is C19H27N3O2S. The van der Waals surface area contributed by atoms with Crippen LogP contribution < -0.4 is 5.56 Å². The summed E-state index contributed by atoms with van der Waals surface area (Å²) in [5, 5.41) is 0.739. The van der Waals surface area contributed by atoms with Crippen molar-refractivity contribution in [2.45, 2.75) is 72.5 Å². The summed E-state index contributed by atoms with van der Waals surface area (Å²) in [7, 11) is 0. The lowest BCUT2D eigenvalue weighted by molar-refractivity contribution is -0.135. The summed E-state index contributed by atoms with van der Waals surface area (Å²) in [4.78, 5) is 34.1. The largest absolute Gasteiger partial charge is 0.336 e. The van der Waals surface area contributed by atoms with E-state index in [0.29, 0.717) is 5.92 Å². The first kappa shape index (κ1) is 18.1. The predicted octanol–water partition coefficient (Wildman–Crippen LogP) is 3.23. The normalized spacial score (nSPS) is 17.3. The average molecular weight is 362 g/mol. The number of nitrogens with zero attached hydrogens (tertiary/aromatic N) is 3. The Morgan fingerprint density at radius 2 is 2.04 bits per heavy atom. The van der Waals surface area contributed by atoms with Gasteiger partial charge in [0.15, 0.2) is 0 Å². The van der Waals surface area contributed by atoms with E-state index < -0.39 is 0 Å². The summed E-state index contributed by atoms with van der Waals surface area (Å²) in [6, 6.07) is 0.213. The molecule has 0 bridgehead atoms. The Hall–Kier alpha value is -1.69. The molecule has 1 aliphatic carbocycles. The molecule has 2 aromatic rings. The molecule has 0 saturated heterocycles. The first-order valence-corrected chi connectivity index (χ1v) is 9.92. The molecule has 2 heterocycles. The lowest BCUT2D eigenvalue weighted by Gasteiger charge is -2.31. The molecule has 0 aromatic carbocycles. The van der Waals surface area contributed by atoms with Crippen LogP contribution in [0.15, 0.2) is 11.1 Å². The van der Waals surface area contributed by atoms with E-state index in [1.54, 1.807) is 11.3 Å². The third kappa shape index (κ3) is 3.36. The van der Waals surface area contributed by atoms with Crippen molar-refractivity contribution in [2.75, 3.05) is 0 Å². The third-order valence-electron chi connectivity index (χ3n) is 4.99. The van der Waals surface area contributed by atoms with Crippen LogP contribution in [0, 0.1) is 5.92 Å². The monoisotopic (exact) mass is 361 g/mol. The number of fused-ring (bicyclic) bond motifs is 3. The Morgan fingerprint density at radius 3 is 2.68 bits per heavy atom. The van der Waals surface area contributed by atoms with Crippen LogP contribution >= 0.6 is 11.3 Å². The summed E-state index contributed by atoms with van der Waals surface area (Å²) in [5.41, 5.74) is 1.10. The Balaban J connectivity index is 1.97. The smallest absolute Gasteiger partial charge is 0.262 e. The second-order valence-electron chi connectivity index (χ2n) is 7.70. The van der Waals surface area contributed by atoms with Crippen LogP contribution in [-0.2, 0) is 24.2 Å². The number of carbonyl (C=O) groups is 1. The third-order valence-corrected chi connectivity index (χ3v) is 6.15. The zero-order valence-electron chi connectivity index (χ0n) is 15.7. The van der Waals surface area contributed by atoms with E-state index in [2.05, 4.69) is 11.9 Å². The summed E-state index contributed by atoms with van der Waals surface area (Å²) >= 11 is 1.64. The molecule has 0 radical (unpaired) electrons. The molecule has 0 saturated carbocycles. The number of hydrogen-bond donors (Lipinski definition) is 0. The van der Waals surface area contributed by atoms with Crippen molar-refractivity contribution in [3.05, 3.63) is 27.1 Å². The van der Waals surface area contributed by atoms with Gasteiger partial charge in [-0.2, -0.15) is 0 Å². The van der Waals surface area contributed by atoms with Gasteiger partial charge in [0, 0.05) is 17.0 Å². The van der Waals surface area contributed by atoms with Crippen LogP contribution in [-0.4, -0.2) is 32.4 Å². The molecule has 0 aliphatic heterocycles. The first-order valence-electron chi connectivity index (χ1n) is 9.10. The molecule has 0 spiro atoms. The van der Waals surface area contributed by atoms with E-state index in [-0.39, 0.29) is 30.1 Å². The van der Waals surface area contributed by atoms with E-state index in [4.69, 9.17) is 0 Å². The minimum Gasteiger partial charge on any atom is -0.336 e. The summed E-state index contributed by atoms with van der Waals surface area (Å²) < 4.78 is 1.48. The number of hydrogen-bond acceptors (Lipinski definition) is 4. The SMILES string of the molecule is CC(C)N(C(=O)Cn1cnc2sc3c(c2c1=O)CC[C@H](C)C3)C(C)C. The molecule has 0 unspecified atom stereocenters. The van der Waals surface area contributed by atoms with Crippen molar-refractivity contribution in [1.29, 1.82) is 0 Å². The highest BCUT2D eigenvalue weighted by Gasteiger charge is 2.25. The molecule has 0 N–H and O–H groups in total. The van der Waals surface area contributed by atoms with E-state index in [0.717, 1.165) is 29.5 Å². The van der Waals surface area contributed by atoms with E-state index >= 15 is 0 Å². The van der Waals surface area contributed by atoms with Crippen LogP contribution in [0.5, 0.6) is 0 Å². The van der Waals surface area contributed by atoms with Crippen molar-refractivity contribution >= 4 is 27.5 Å². The number of amides is 1. The highest BCUT2D eigenvalue weighted by molar-refractivity contribution is 7.18. The van der Waals surface area contributed by atoms with Gasteiger partial charge in [-0.25, -0.2) is 4.98 Å². The van der Waals surface area contributed by atoms with Gasteiger partial charge in [0.25, 0.3) is 5.56 Å². The molecule has 2 aromatic heterocycles. The van der Waals surface area contributed by atoms with Gasteiger partial charge in [-0.05, 0) is 58.4 Å². The zero-order chi connectivity index (χ0) is 18.3. The number of aromatic nitrogens is 2.